The number of rotatable bonds is 14. The Morgan fingerprint density at radius 3 is 1.44 bits per heavy atom. The molecule has 0 atom stereocenters. The first kappa shape index (κ1) is 57.5. The Morgan fingerprint density at radius 1 is 0.667 bits per heavy atom. The van der Waals surface area contributed by atoms with E-state index in [-0.39, 0.29) is 84.5 Å². The molecule has 408 valence electrons. The maximum Gasteiger partial charge on any atom is 0.323 e. The number of halogens is 3. The number of fused-ring (bicyclic) bond motifs is 2. The number of anilines is 2. The van der Waals surface area contributed by atoms with Crippen molar-refractivity contribution in [2.75, 3.05) is 50.9 Å². The van der Waals surface area contributed by atoms with Crippen LogP contribution in [0.4, 0.5) is 11.6 Å². The summed E-state index contributed by atoms with van der Waals surface area (Å²) in [6.45, 7) is 2.53. The number of aromatic nitrogens is 8. The Balaban J connectivity index is 0.000000203. The van der Waals surface area contributed by atoms with Crippen molar-refractivity contribution in [3.8, 4) is 22.3 Å². The molecular weight excluding hydrogens is 1070 g/mol. The molecule has 6 aromatic heterocycles. The number of carbonyl (C=O) groups excluding carboxylic acids is 3. The number of nitrogen functional groups attached to an aromatic ring is 2. The van der Waals surface area contributed by atoms with Crippen LogP contribution < -0.4 is 38.5 Å². The van der Waals surface area contributed by atoms with Gasteiger partial charge in [0.15, 0.2) is 0 Å². The number of pyridine rings is 4. The molecule has 10 N–H and O–H groups in total. The van der Waals surface area contributed by atoms with Gasteiger partial charge >= 0.3 is 5.97 Å². The van der Waals surface area contributed by atoms with Crippen LogP contribution in [0.3, 0.4) is 0 Å². The molecule has 2 saturated heterocycles. The Labute approximate surface area is 460 Å². The lowest BCUT2D eigenvalue weighted by atomic mass is 10.0. The van der Waals surface area contributed by atoms with Gasteiger partial charge in [-0.25, -0.2) is 9.97 Å². The summed E-state index contributed by atoms with van der Waals surface area (Å²) < 4.78 is 5.34. The number of aliphatic carboxylic acids is 1. The normalized spacial score (nSPS) is 13.0. The zero-order chi connectivity index (χ0) is 55.1. The predicted molar refractivity (Wildman–Crippen MR) is 296 cm³/mol. The molecule has 2 aromatic carbocycles. The van der Waals surface area contributed by atoms with Crippen molar-refractivity contribution in [3.05, 3.63) is 151 Å². The van der Waals surface area contributed by atoms with E-state index >= 15 is 0 Å². The van der Waals surface area contributed by atoms with Crippen LogP contribution in [-0.2, 0) is 49.9 Å². The number of hydrogen-bond acceptors (Lipinski definition) is 15. The molecule has 0 unspecified atom stereocenters. The highest BCUT2D eigenvalue weighted by Crippen LogP contribution is 2.30. The summed E-state index contributed by atoms with van der Waals surface area (Å²) in [5.41, 5.74) is 15.0. The molecule has 0 radical (unpaired) electrons. The Hall–Kier alpha value is -8.19. The van der Waals surface area contributed by atoms with Crippen molar-refractivity contribution in [1.82, 2.24) is 59.5 Å². The first-order valence-electron chi connectivity index (χ1n) is 24.0. The number of carbonyl (C=O) groups is 4. The number of benzene rings is 2. The van der Waals surface area contributed by atoms with Crippen LogP contribution in [0.2, 0.25) is 10.0 Å². The quantitative estimate of drug-likeness (QED) is 0.0776. The third-order valence-electron chi connectivity index (χ3n) is 12.7. The van der Waals surface area contributed by atoms with Crippen LogP contribution in [0.25, 0.3) is 44.3 Å². The monoisotopic (exact) mass is 1120 g/mol. The van der Waals surface area contributed by atoms with E-state index in [1.807, 2.05) is 0 Å². The maximum atomic E-state index is 13.5. The number of aliphatic hydroxyl groups excluding tert-OH is 2. The van der Waals surface area contributed by atoms with Gasteiger partial charge in [0, 0.05) is 134 Å². The van der Waals surface area contributed by atoms with Gasteiger partial charge in [0.2, 0.25) is 5.91 Å². The van der Waals surface area contributed by atoms with E-state index < -0.39 is 35.4 Å². The molecule has 2 fully saturated rings. The lowest BCUT2D eigenvalue weighted by molar-refractivity contribution is -0.139. The minimum Gasteiger partial charge on any atom is -0.480 e. The molecule has 0 saturated carbocycles. The van der Waals surface area contributed by atoms with Gasteiger partial charge in [-0.3, -0.25) is 47.3 Å². The minimum absolute atomic E-state index is 0. The van der Waals surface area contributed by atoms with E-state index in [9.17, 15) is 39.0 Å². The number of nitrogens with two attached hydrogens (primary N) is 2. The fraction of sp³-hybridized carbons (Fsp3) is 0.269. The van der Waals surface area contributed by atoms with Crippen molar-refractivity contribution in [3.63, 3.8) is 0 Å². The number of nitrogens with zero attached hydrogens (tertiary/aromatic N) is 9. The van der Waals surface area contributed by atoms with Gasteiger partial charge in [-0.2, -0.15) is 10.2 Å². The van der Waals surface area contributed by atoms with Crippen LogP contribution in [0, 0.1) is 11.8 Å². The van der Waals surface area contributed by atoms with Crippen LogP contribution in [0.5, 0.6) is 0 Å². The van der Waals surface area contributed by atoms with E-state index in [1.54, 1.807) is 114 Å². The first-order valence-corrected chi connectivity index (χ1v) is 24.8. The number of carboxylic acid groups (broad SMARTS) is 1. The number of carboxylic acids is 1. The second-order valence-electron chi connectivity index (χ2n) is 18.4. The van der Waals surface area contributed by atoms with Crippen molar-refractivity contribution in [2.45, 2.75) is 26.2 Å². The summed E-state index contributed by atoms with van der Waals surface area (Å²) in [5.74, 6) is -1.95. The van der Waals surface area contributed by atoms with E-state index in [4.69, 9.17) is 39.8 Å². The van der Waals surface area contributed by atoms with Crippen molar-refractivity contribution < 1.29 is 34.5 Å². The molecule has 3 amide bonds. The van der Waals surface area contributed by atoms with Gasteiger partial charge in [0.25, 0.3) is 22.9 Å². The zero-order valence-electron chi connectivity index (χ0n) is 42.1. The fourth-order valence-electron chi connectivity index (χ4n) is 8.33. The van der Waals surface area contributed by atoms with Crippen LogP contribution >= 0.6 is 35.6 Å². The largest absolute Gasteiger partial charge is 0.480 e. The maximum absolute atomic E-state index is 13.5. The predicted octanol–water partition coefficient (Wildman–Crippen LogP) is 3.08. The van der Waals surface area contributed by atoms with E-state index in [2.05, 4.69) is 36.1 Å². The zero-order valence-corrected chi connectivity index (χ0v) is 44.4. The Bertz CT molecular complexity index is 3630. The average molecular weight is 1130 g/mol. The lowest BCUT2D eigenvalue weighted by Crippen LogP contribution is -2.53. The molecular formula is C52H55Cl3N14O9. The highest BCUT2D eigenvalue weighted by Gasteiger charge is 2.31. The molecule has 23 nitrogen and oxygen atoms in total. The second-order valence-corrected chi connectivity index (χ2v) is 19.3. The third kappa shape index (κ3) is 13.5. The summed E-state index contributed by atoms with van der Waals surface area (Å²) in [5, 5.41) is 45.7. The summed E-state index contributed by atoms with van der Waals surface area (Å²) in [6, 6.07) is 20.1. The number of amides is 3. The lowest BCUT2D eigenvalue weighted by Gasteiger charge is -2.38. The van der Waals surface area contributed by atoms with Gasteiger partial charge < -0.3 is 47.6 Å². The van der Waals surface area contributed by atoms with Crippen LogP contribution in [-0.4, -0.2) is 122 Å². The first-order chi connectivity index (χ1) is 36.9. The molecule has 8 aromatic rings. The Kier molecular flexibility index (Phi) is 18.7. The minimum atomic E-state index is -1.26. The number of likely N-dealkylation sites (tertiary alicyclic amines) is 1. The van der Waals surface area contributed by atoms with Crippen molar-refractivity contribution >= 4 is 93.0 Å². The van der Waals surface area contributed by atoms with Crippen molar-refractivity contribution in [1.29, 1.82) is 0 Å². The molecule has 2 aliphatic rings. The topological polar surface area (TPSA) is 326 Å². The van der Waals surface area contributed by atoms with Gasteiger partial charge in [0.1, 0.15) is 47.1 Å². The Morgan fingerprint density at radius 2 is 1.09 bits per heavy atom. The molecule has 0 spiro atoms. The van der Waals surface area contributed by atoms with E-state index in [0.717, 1.165) is 34.3 Å². The van der Waals surface area contributed by atoms with Crippen LogP contribution in [0.15, 0.2) is 107 Å². The highest BCUT2D eigenvalue weighted by molar-refractivity contribution is 6.30. The van der Waals surface area contributed by atoms with Gasteiger partial charge in [0.05, 0.1) is 12.4 Å². The highest BCUT2D eigenvalue weighted by atomic mass is 35.5. The molecule has 0 aliphatic carbocycles. The summed E-state index contributed by atoms with van der Waals surface area (Å²) in [7, 11) is 3.53. The van der Waals surface area contributed by atoms with Gasteiger partial charge in [-0.1, -0.05) is 47.5 Å². The van der Waals surface area contributed by atoms with E-state index in [1.165, 1.54) is 16.7 Å². The molecule has 8 heterocycles. The van der Waals surface area contributed by atoms with E-state index in [0.29, 0.717) is 63.1 Å². The summed E-state index contributed by atoms with van der Waals surface area (Å²) in [6.07, 6.45) is 6.76. The number of aryl methyl sites for hydroxylation is 2. The molecule has 0 bridgehead atoms. The molecule has 26 heteroatoms. The SMILES string of the molecule is Cl.Cn1cc(-c2cc3cc(C(=O)NCc4ccc(Cl)cc4)c(=O)n(CC(=O)N4CC(CO)C4)c3nc2N)cn1.Cn1cc(-c2cc3cc(C(=O)NCc4ccc(Cl)cc4)c(=O)n(CC(=O)O)c3nc2N)cn1.OCC1CNC1. The van der Waals surface area contributed by atoms with Crippen molar-refractivity contribution in [2.24, 2.45) is 25.9 Å². The molecule has 2 aliphatic heterocycles. The number of hydrogen-bond donors (Lipinski definition) is 8. The molecule has 78 heavy (non-hydrogen) atoms. The number of aliphatic hydroxyl groups is 2. The summed E-state index contributed by atoms with van der Waals surface area (Å²) >= 11 is 11.8. The second kappa shape index (κ2) is 25.3. The average Bonchev–Trinajstić information content (AvgIpc) is 4.03. The standard InChI is InChI=1S/C26H26ClN7O4.C22H19ClN6O4.C4H9NO.ClH/c1-32-12-18(9-30-32)20-6-17-7-21(25(37)29-8-15-2-4-19(27)5-3-15)26(38)34(24(17)31-23(20)28)13-22(36)33-10-16(11-33)14-35;1-28-10-14(9-26-28)16-6-13-7-17(21(32)25-8-12-2-4-15(23)5-3-12)22(33)29(11-18(30)31)20(13)27-19(16)24;6-3-4-1-5-2-4;/h2-7,9,12,16,35H,8,10-11,13-14H2,1H3,(H2,28,31)(H,29,37);2-7,9-10H,8,11H2,1H3,(H2,24,27)(H,25,32)(H,30,31);4-6H,1-3H2;1H. The number of nitrogens with one attached hydrogen (secondary N) is 3. The molecule has 10 rings (SSSR count). The smallest absolute Gasteiger partial charge is 0.323 e. The fourth-order valence-corrected chi connectivity index (χ4v) is 8.58. The van der Waals surface area contributed by atoms with Gasteiger partial charge in [-0.05, 0) is 59.7 Å². The van der Waals surface area contributed by atoms with Gasteiger partial charge in [-0.15, -0.1) is 12.4 Å². The summed E-state index contributed by atoms with van der Waals surface area (Å²) in [4.78, 5) is 87.2. The third-order valence-corrected chi connectivity index (χ3v) is 13.2. The van der Waals surface area contributed by atoms with Crippen LogP contribution in [0.1, 0.15) is 31.8 Å².